The summed E-state index contributed by atoms with van der Waals surface area (Å²) >= 11 is 0. The van der Waals surface area contributed by atoms with Crippen LogP contribution >= 0.6 is 0 Å². The highest BCUT2D eigenvalue weighted by Gasteiger charge is 2.10. The minimum absolute atomic E-state index is 0.0472. The zero-order chi connectivity index (χ0) is 12.4. The zero-order valence-corrected chi connectivity index (χ0v) is 9.25. The van der Waals surface area contributed by atoms with Crippen LogP contribution in [-0.4, -0.2) is 9.91 Å². The van der Waals surface area contributed by atoms with Gasteiger partial charge < -0.3 is 5.73 Å². The van der Waals surface area contributed by atoms with Crippen LogP contribution < -0.4 is 5.73 Å². The lowest BCUT2D eigenvalue weighted by Crippen LogP contribution is -1.96. The molecule has 1 aromatic heterocycles. The first kappa shape index (κ1) is 11.1. The molecule has 86 valence electrons. The van der Waals surface area contributed by atoms with E-state index in [1.807, 2.05) is 31.2 Å². The lowest BCUT2D eigenvalue weighted by molar-refractivity contribution is -0.384. The maximum Gasteiger partial charge on any atom is 0.275 e. The van der Waals surface area contributed by atoms with Gasteiger partial charge in [0, 0.05) is 11.6 Å². The molecule has 0 unspecified atom stereocenters. The zero-order valence-electron chi connectivity index (χ0n) is 9.25. The van der Waals surface area contributed by atoms with Crippen molar-refractivity contribution in [1.82, 2.24) is 4.98 Å². The van der Waals surface area contributed by atoms with Crippen LogP contribution in [-0.2, 0) is 0 Å². The molecule has 0 spiro atoms. The molecule has 2 N–H and O–H groups in total. The van der Waals surface area contributed by atoms with Crippen molar-refractivity contribution in [3.8, 4) is 11.3 Å². The maximum absolute atomic E-state index is 10.7. The van der Waals surface area contributed by atoms with E-state index in [1.54, 1.807) is 0 Å². The normalized spacial score (nSPS) is 10.2. The van der Waals surface area contributed by atoms with Crippen LogP contribution in [0.15, 0.2) is 36.4 Å². The smallest absolute Gasteiger partial charge is 0.275 e. The standard InChI is InChI=1S/C12H11N3O2/c1-8-3-2-4-9(5-8)11-6-10(15(16)17)7-12(13)14-11/h2-7H,1H3,(H2,13,14). The largest absolute Gasteiger partial charge is 0.383 e. The number of anilines is 1. The van der Waals surface area contributed by atoms with Gasteiger partial charge in [-0.25, -0.2) is 4.98 Å². The molecule has 0 fully saturated rings. The molecule has 0 saturated carbocycles. The molecule has 0 aliphatic rings. The van der Waals surface area contributed by atoms with E-state index in [0.717, 1.165) is 11.1 Å². The van der Waals surface area contributed by atoms with Gasteiger partial charge in [-0.2, -0.15) is 0 Å². The number of aromatic nitrogens is 1. The molecule has 0 aliphatic carbocycles. The molecule has 0 amide bonds. The Morgan fingerprint density at radius 1 is 1.29 bits per heavy atom. The van der Waals surface area contributed by atoms with Crippen molar-refractivity contribution in [2.45, 2.75) is 6.92 Å². The van der Waals surface area contributed by atoms with Crippen molar-refractivity contribution in [3.05, 3.63) is 52.1 Å². The van der Waals surface area contributed by atoms with E-state index < -0.39 is 4.92 Å². The third-order valence-electron chi connectivity index (χ3n) is 2.35. The maximum atomic E-state index is 10.7. The molecular formula is C12H11N3O2. The van der Waals surface area contributed by atoms with Crippen molar-refractivity contribution < 1.29 is 4.92 Å². The van der Waals surface area contributed by atoms with E-state index in [1.165, 1.54) is 12.1 Å². The second-order valence-electron chi connectivity index (χ2n) is 3.76. The molecule has 5 nitrogen and oxygen atoms in total. The van der Waals surface area contributed by atoms with Crippen molar-refractivity contribution in [3.63, 3.8) is 0 Å². The van der Waals surface area contributed by atoms with Gasteiger partial charge in [0.25, 0.3) is 5.69 Å². The van der Waals surface area contributed by atoms with Gasteiger partial charge in [0.15, 0.2) is 0 Å². The summed E-state index contributed by atoms with van der Waals surface area (Å²) in [7, 11) is 0. The summed E-state index contributed by atoms with van der Waals surface area (Å²) in [5.41, 5.74) is 7.91. The van der Waals surface area contributed by atoms with Crippen molar-refractivity contribution in [2.24, 2.45) is 0 Å². The number of hydrogen-bond donors (Lipinski definition) is 1. The monoisotopic (exact) mass is 229 g/mol. The summed E-state index contributed by atoms with van der Waals surface area (Å²) in [5.74, 6) is 0.149. The predicted octanol–water partition coefficient (Wildman–Crippen LogP) is 2.55. The number of nitrogen functional groups attached to an aromatic ring is 1. The summed E-state index contributed by atoms with van der Waals surface area (Å²) in [6.07, 6.45) is 0. The molecule has 2 aromatic rings. The summed E-state index contributed by atoms with van der Waals surface area (Å²) in [6.45, 7) is 1.95. The average molecular weight is 229 g/mol. The molecule has 0 atom stereocenters. The summed E-state index contributed by atoms with van der Waals surface area (Å²) < 4.78 is 0. The summed E-state index contributed by atoms with van der Waals surface area (Å²) in [6, 6.07) is 10.3. The van der Waals surface area contributed by atoms with Crippen LogP contribution in [0, 0.1) is 17.0 Å². The van der Waals surface area contributed by atoms with Crippen molar-refractivity contribution in [2.75, 3.05) is 5.73 Å². The molecule has 5 heteroatoms. The second-order valence-corrected chi connectivity index (χ2v) is 3.76. The van der Waals surface area contributed by atoms with Crippen LogP contribution in [0.5, 0.6) is 0 Å². The first-order chi connectivity index (χ1) is 8.06. The quantitative estimate of drug-likeness (QED) is 0.633. The fourth-order valence-corrected chi connectivity index (χ4v) is 1.59. The summed E-state index contributed by atoms with van der Waals surface area (Å²) in [4.78, 5) is 14.4. The van der Waals surface area contributed by atoms with Gasteiger partial charge in [0.1, 0.15) is 5.82 Å². The van der Waals surface area contributed by atoms with Gasteiger partial charge in [-0.05, 0) is 13.0 Å². The van der Waals surface area contributed by atoms with Crippen LogP contribution in [0.25, 0.3) is 11.3 Å². The Morgan fingerprint density at radius 2 is 2.06 bits per heavy atom. The highest BCUT2D eigenvalue weighted by Crippen LogP contribution is 2.24. The SMILES string of the molecule is Cc1cccc(-c2cc([N+](=O)[O-])cc(N)n2)c1. The average Bonchev–Trinajstić information content (AvgIpc) is 2.28. The van der Waals surface area contributed by atoms with E-state index in [-0.39, 0.29) is 11.5 Å². The van der Waals surface area contributed by atoms with E-state index in [9.17, 15) is 10.1 Å². The van der Waals surface area contributed by atoms with Crippen LogP contribution in [0.2, 0.25) is 0 Å². The minimum Gasteiger partial charge on any atom is -0.383 e. The van der Waals surface area contributed by atoms with Crippen molar-refractivity contribution >= 4 is 11.5 Å². The lowest BCUT2D eigenvalue weighted by Gasteiger charge is -2.03. The Hall–Kier alpha value is -2.43. The van der Waals surface area contributed by atoms with E-state index in [2.05, 4.69) is 4.98 Å². The Bertz CT molecular complexity index is 582. The lowest BCUT2D eigenvalue weighted by atomic mass is 10.1. The number of hydrogen-bond acceptors (Lipinski definition) is 4. The van der Waals surface area contributed by atoms with Gasteiger partial charge in [-0.15, -0.1) is 0 Å². The Labute approximate surface area is 98.1 Å². The molecule has 17 heavy (non-hydrogen) atoms. The molecule has 0 radical (unpaired) electrons. The van der Waals surface area contributed by atoms with E-state index >= 15 is 0 Å². The van der Waals surface area contributed by atoms with Crippen molar-refractivity contribution in [1.29, 1.82) is 0 Å². The first-order valence-electron chi connectivity index (χ1n) is 5.05. The van der Waals surface area contributed by atoms with Gasteiger partial charge >= 0.3 is 0 Å². The number of rotatable bonds is 2. The molecular weight excluding hydrogens is 218 g/mol. The highest BCUT2D eigenvalue weighted by atomic mass is 16.6. The highest BCUT2D eigenvalue weighted by molar-refractivity contribution is 5.65. The van der Waals surface area contributed by atoms with Gasteiger partial charge in [0.05, 0.1) is 16.7 Å². The predicted molar refractivity (Wildman–Crippen MR) is 65.5 cm³/mol. The molecule has 1 heterocycles. The van der Waals surface area contributed by atoms with E-state index in [4.69, 9.17) is 5.73 Å². The van der Waals surface area contributed by atoms with Crippen LogP contribution in [0.1, 0.15) is 5.56 Å². The minimum atomic E-state index is -0.475. The van der Waals surface area contributed by atoms with Gasteiger partial charge in [-0.1, -0.05) is 23.8 Å². The number of nitrogens with zero attached hydrogens (tertiary/aromatic N) is 2. The molecule has 1 aromatic carbocycles. The summed E-state index contributed by atoms with van der Waals surface area (Å²) in [5, 5.41) is 10.7. The third-order valence-corrected chi connectivity index (χ3v) is 2.35. The molecule has 0 bridgehead atoms. The van der Waals surface area contributed by atoms with E-state index in [0.29, 0.717) is 5.69 Å². The van der Waals surface area contributed by atoms with Crippen LogP contribution in [0.3, 0.4) is 0 Å². The fraction of sp³-hybridized carbons (Fsp3) is 0.0833. The second kappa shape index (κ2) is 4.21. The number of benzene rings is 1. The fourth-order valence-electron chi connectivity index (χ4n) is 1.59. The molecule has 0 saturated heterocycles. The van der Waals surface area contributed by atoms with Gasteiger partial charge in [-0.3, -0.25) is 10.1 Å². The Morgan fingerprint density at radius 3 is 2.71 bits per heavy atom. The Balaban J connectivity index is 2.56. The molecule has 0 aliphatic heterocycles. The number of aryl methyl sites for hydroxylation is 1. The molecule has 2 rings (SSSR count). The van der Waals surface area contributed by atoms with Gasteiger partial charge in [0.2, 0.25) is 0 Å². The topological polar surface area (TPSA) is 82.0 Å². The first-order valence-corrected chi connectivity index (χ1v) is 5.05. The number of pyridine rings is 1. The number of nitrogens with two attached hydrogens (primary N) is 1. The van der Waals surface area contributed by atoms with Crippen LogP contribution in [0.4, 0.5) is 11.5 Å². The Kier molecular flexibility index (Phi) is 2.74. The third kappa shape index (κ3) is 2.39. The number of nitro groups is 1.